The highest BCUT2D eigenvalue weighted by Gasteiger charge is 2.34. The van der Waals surface area contributed by atoms with Gasteiger partial charge < -0.3 is 4.74 Å². The quantitative estimate of drug-likeness (QED) is 0.633. The number of rotatable bonds is 2. The lowest BCUT2D eigenvalue weighted by atomic mass is 10.2. The molecular weight excluding hydrogens is 388 g/mol. The predicted molar refractivity (Wildman–Crippen MR) is 120 cm³/mol. The Kier molecular flexibility index (Phi) is 10.3. The first-order valence-electron chi connectivity index (χ1n) is 8.96. The molecule has 4 nitrogen and oxygen atoms in total. The maximum atomic E-state index is 11.9. The van der Waals surface area contributed by atoms with Crippen LogP contribution >= 0.6 is 0 Å². The SMILES string of the molecule is C.C=S1(=O)CCC(S(=O)C(C)(C)C)C1.CC(C)(C)S(=O)C1CCOCC1. The molecule has 2 heterocycles. The Hall–Kier alpha value is 0.280. The molecule has 158 valence electrons. The minimum absolute atomic E-state index is 0. The topological polar surface area (TPSA) is 60.4 Å². The fraction of sp³-hybridized carbons (Fsp3) is 0.947. The summed E-state index contributed by atoms with van der Waals surface area (Å²) in [5, 5.41) is 0.462. The van der Waals surface area contributed by atoms with Crippen LogP contribution in [-0.2, 0) is 35.9 Å². The van der Waals surface area contributed by atoms with E-state index in [9.17, 15) is 12.6 Å². The second kappa shape index (κ2) is 10.2. The van der Waals surface area contributed by atoms with Gasteiger partial charge in [-0.15, -0.1) is 0 Å². The van der Waals surface area contributed by atoms with E-state index in [2.05, 4.69) is 5.87 Å². The van der Waals surface area contributed by atoms with Crippen LogP contribution in [0.5, 0.6) is 0 Å². The van der Waals surface area contributed by atoms with Crippen molar-refractivity contribution in [2.45, 2.75) is 88.2 Å². The van der Waals surface area contributed by atoms with Crippen LogP contribution < -0.4 is 0 Å². The molecule has 26 heavy (non-hydrogen) atoms. The molecule has 0 radical (unpaired) electrons. The van der Waals surface area contributed by atoms with Gasteiger partial charge in [-0.05, 0) is 76.2 Å². The normalized spacial score (nSPS) is 29.8. The fourth-order valence-corrected chi connectivity index (χ4v) is 8.98. The lowest BCUT2D eigenvalue weighted by Crippen LogP contribution is -2.35. The van der Waals surface area contributed by atoms with Crippen molar-refractivity contribution in [1.82, 2.24) is 0 Å². The Labute approximate surface area is 167 Å². The van der Waals surface area contributed by atoms with E-state index in [-0.39, 0.29) is 22.2 Å². The molecule has 2 aliphatic rings. The van der Waals surface area contributed by atoms with Crippen molar-refractivity contribution in [1.29, 1.82) is 0 Å². The van der Waals surface area contributed by atoms with Gasteiger partial charge in [0.2, 0.25) is 0 Å². The zero-order valence-corrected chi connectivity index (χ0v) is 19.1. The summed E-state index contributed by atoms with van der Waals surface area (Å²) in [5.41, 5.74) is 0. The maximum absolute atomic E-state index is 11.9. The van der Waals surface area contributed by atoms with Crippen molar-refractivity contribution < 1.29 is 17.4 Å². The molecule has 2 saturated heterocycles. The summed E-state index contributed by atoms with van der Waals surface area (Å²) < 4.78 is 40.3. The van der Waals surface area contributed by atoms with E-state index in [0.717, 1.165) is 32.5 Å². The third-order valence-electron chi connectivity index (χ3n) is 4.28. The summed E-state index contributed by atoms with van der Waals surface area (Å²) in [5.74, 6) is 4.88. The molecule has 0 aromatic heterocycles. The van der Waals surface area contributed by atoms with Crippen LogP contribution in [0, 0.1) is 0 Å². The molecular formula is C19H40O4S3. The zero-order valence-electron chi connectivity index (χ0n) is 16.7. The van der Waals surface area contributed by atoms with Crippen molar-refractivity contribution in [3.8, 4) is 0 Å². The van der Waals surface area contributed by atoms with Crippen LogP contribution in [-0.4, -0.2) is 63.2 Å². The summed E-state index contributed by atoms with van der Waals surface area (Å²) in [6.07, 6.45) is 2.74. The van der Waals surface area contributed by atoms with Crippen LogP contribution in [0.25, 0.3) is 0 Å². The van der Waals surface area contributed by atoms with E-state index < -0.39 is 31.1 Å². The second-order valence-corrected chi connectivity index (χ2v) is 16.5. The van der Waals surface area contributed by atoms with Crippen molar-refractivity contribution in [2.75, 3.05) is 24.7 Å². The van der Waals surface area contributed by atoms with Crippen LogP contribution in [0.1, 0.15) is 68.2 Å². The van der Waals surface area contributed by atoms with Gasteiger partial charge in [-0.25, -0.2) is 0 Å². The second-order valence-electron chi connectivity index (χ2n) is 8.88. The van der Waals surface area contributed by atoms with Crippen molar-refractivity contribution in [2.24, 2.45) is 0 Å². The smallest absolute Gasteiger partial charge is 0.0477 e. The predicted octanol–water partition coefficient (Wildman–Crippen LogP) is 3.37. The number of hydrogen-bond donors (Lipinski definition) is 0. The largest absolute Gasteiger partial charge is 0.381 e. The highest BCUT2D eigenvalue weighted by molar-refractivity contribution is 8.01. The molecule has 0 aromatic carbocycles. The van der Waals surface area contributed by atoms with Gasteiger partial charge in [-0.3, -0.25) is 12.6 Å². The van der Waals surface area contributed by atoms with Gasteiger partial charge in [0.1, 0.15) is 0 Å². The van der Waals surface area contributed by atoms with E-state index in [4.69, 9.17) is 4.74 Å². The minimum Gasteiger partial charge on any atom is -0.381 e. The number of hydrogen-bond acceptors (Lipinski definition) is 4. The number of ether oxygens (including phenoxy) is 1. The Balaban J connectivity index is 0.000000464. The molecule has 0 bridgehead atoms. The summed E-state index contributed by atoms with van der Waals surface area (Å²) >= 11 is 0. The lowest BCUT2D eigenvalue weighted by molar-refractivity contribution is 0.0989. The monoisotopic (exact) mass is 428 g/mol. The minimum atomic E-state index is -1.89. The summed E-state index contributed by atoms with van der Waals surface area (Å²) in [4.78, 5) is 0. The molecule has 2 rings (SSSR count). The Morgan fingerprint density at radius 1 is 0.885 bits per heavy atom. The standard InChI is InChI=1S/C9H18O2S2.C9H18O2S.CH4/c1-9(2,3)12(10)8-5-6-13(4,11)7-8;1-9(2,3)12(10)8-4-6-11-7-5-8;/h8H,4-7H2,1-3H3;8H,4-7H2,1-3H3;1H4. The summed E-state index contributed by atoms with van der Waals surface area (Å²) in [6, 6.07) is 0. The van der Waals surface area contributed by atoms with Gasteiger partial charge in [-0.2, -0.15) is 0 Å². The van der Waals surface area contributed by atoms with Crippen molar-refractivity contribution in [3.05, 3.63) is 0 Å². The average Bonchev–Trinajstić information content (AvgIpc) is 2.85. The lowest BCUT2D eigenvalue weighted by Gasteiger charge is -2.28. The molecule has 0 saturated carbocycles. The first-order chi connectivity index (χ1) is 11.2. The van der Waals surface area contributed by atoms with Gasteiger partial charge in [-0.1, -0.05) is 7.43 Å². The molecule has 0 N–H and O–H groups in total. The van der Waals surface area contributed by atoms with Gasteiger partial charge in [0.15, 0.2) is 0 Å². The Morgan fingerprint density at radius 2 is 1.31 bits per heavy atom. The zero-order chi connectivity index (χ0) is 19.5. The molecule has 0 amide bonds. The fourth-order valence-electron chi connectivity index (χ4n) is 2.91. The summed E-state index contributed by atoms with van der Waals surface area (Å²) in [6.45, 7) is 13.6. The molecule has 0 aromatic rings. The third-order valence-corrected chi connectivity index (χ3v) is 11.0. The van der Waals surface area contributed by atoms with E-state index in [0.29, 0.717) is 16.8 Å². The molecule has 0 spiro atoms. The van der Waals surface area contributed by atoms with Crippen LogP contribution in [0.3, 0.4) is 0 Å². The molecule has 2 aliphatic heterocycles. The molecule has 0 aliphatic carbocycles. The third kappa shape index (κ3) is 8.53. The molecule has 4 atom stereocenters. The van der Waals surface area contributed by atoms with Crippen LogP contribution in [0.4, 0.5) is 0 Å². The Morgan fingerprint density at radius 3 is 1.65 bits per heavy atom. The summed E-state index contributed by atoms with van der Waals surface area (Å²) in [7, 11) is -3.48. The Bertz CT molecular complexity index is 577. The van der Waals surface area contributed by atoms with Gasteiger partial charge in [0, 0.05) is 66.3 Å². The molecule has 7 heteroatoms. The van der Waals surface area contributed by atoms with E-state index in [1.807, 2.05) is 41.5 Å². The van der Waals surface area contributed by atoms with Crippen LogP contribution in [0.15, 0.2) is 0 Å². The molecule has 4 unspecified atom stereocenters. The highest BCUT2D eigenvalue weighted by Crippen LogP contribution is 2.24. The van der Waals surface area contributed by atoms with Crippen molar-refractivity contribution >= 4 is 37.0 Å². The first kappa shape index (κ1) is 26.3. The van der Waals surface area contributed by atoms with Gasteiger partial charge >= 0.3 is 0 Å². The molecule has 2 fully saturated rings. The van der Waals surface area contributed by atoms with Gasteiger partial charge in [0.05, 0.1) is 0 Å². The van der Waals surface area contributed by atoms with E-state index in [1.165, 1.54) is 0 Å². The average molecular weight is 429 g/mol. The van der Waals surface area contributed by atoms with E-state index in [1.54, 1.807) is 0 Å². The van der Waals surface area contributed by atoms with Crippen molar-refractivity contribution in [3.63, 3.8) is 0 Å². The van der Waals surface area contributed by atoms with Gasteiger partial charge in [0.25, 0.3) is 0 Å². The van der Waals surface area contributed by atoms with E-state index >= 15 is 0 Å². The maximum Gasteiger partial charge on any atom is 0.0477 e. The van der Waals surface area contributed by atoms with Crippen LogP contribution in [0.2, 0.25) is 0 Å². The first-order valence-corrected chi connectivity index (χ1v) is 13.4. The highest BCUT2D eigenvalue weighted by atomic mass is 32.2.